The van der Waals surface area contributed by atoms with Crippen LogP contribution in [0.25, 0.3) is 0 Å². The van der Waals surface area contributed by atoms with E-state index in [9.17, 15) is 9.90 Å². The van der Waals surface area contributed by atoms with Gasteiger partial charge in [0.05, 0.1) is 5.02 Å². The number of aromatic hydroxyl groups is 1. The molecular weight excluding hydrogens is 250 g/mol. The van der Waals surface area contributed by atoms with Gasteiger partial charge in [0.1, 0.15) is 5.75 Å². The second-order valence-corrected chi connectivity index (χ2v) is 6.07. The van der Waals surface area contributed by atoms with Crippen LogP contribution in [0.15, 0.2) is 18.2 Å². The third kappa shape index (κ3) is 2.78. The minimum Gasteiger partial charge on any atom is -0.506 e. The smallest absolute Gasteiger partial charge is 0.253 e. The summed E-state index contributed by atoms with van der Waals surface area (Å²) in [6, 6.07) is 4.61. The highest BCUT2D eigenvalue weighted by atomic mass is 35.5. The van der Waals surface area contributed by atoms with Gasteiger partial charge in [0, 0.05) is 18.7 Å². The number of phenolic OH excluding ortho intramolecular Hbond substituents is 1. The van der Waals surface area contributed by atoms with Crippen molar-refractivity contribution >= 4 is 17.5 Å². The van der Waals surface area contributed by atoms with Gasteiger partial charge in [-0.05, 0) is 36.5 Å². The lowest BCUT2D eigenvalue weighted by molar-refractivity contribution is 0.0583. The van der Waals surface area contributed by atoms with E-state index in [4.69, 9.17) is 11.6 Å². The minimum atomic E-state index is -0.00956. The summed E-state index contributed by atoms with van der Waals surface area (Å²) in [5.74, 6) is -0.00290. The Hall–Kier alpha value is -1.22. The van der Waals surface area contributed by atoms with Crippen molar-refractivity contribution in [1.29, 1.82) is 0 Å². The fourth-order valence-corrected chi connectivity index (χ4v) is 2.60. The van der Waals surface area contributed by atoms with E-state index in [0.717, 1.165) is 25.9 Å². The predicted octanol–water partition coefficient (Wildman–Crippen LogP) is 3.31. The number of nitrogens with zero attached hydrogens (tertiary/aromatic N) is 1. The van der Waals surface area contributed by atoms with E-state index in [2.05, 4.69) is 13.8 Å². The Bertz CT molecular complexity index is 471. The van der Waals surface area contributed by atoms with E-state index in [1.165, 1.54) is 12.1 Å². The summed E-state index contributed by atoms with van der Waals surface area (Å²) >= 11 is 5.83. The van der Waals surface area contributed by atoms with E-state index in [-0.39, 0.29) is 22.1 Å². The molecule has 18 heavy (non-hydrogen) atoms. The van der Waals surface area contributed by atoms with E-state index in [0.29, 0.717) is 5.56 Å². The van der Waals surface area contributed by atoms with Crippen LogP contribution in [0.3, 0.4) is 0 Å². The molecule has 1 amide bonds. The van der Waals surface area contributed by atoms with Gasteiger partial charge in [0.15, 0.2) is 0 Å². The van der Waals surface area contributed by atoms with Gasteiger partial charge in [0.2, 0.25) is 0 Å². The lowest BCUT2D eigenvalue weighted by Crippen LogP contribution is -2.43. The van der Waals surface area contributed by atoms with Crippen molar-refractivity contribution in [1.82, 2.24) is 4.90 Å². The van der Waals surface area contributed by atoms with Crippen molar-refractivity contribution in [2.24, 2.45) is 5.41 Å². The molecule has 0 atom stereocenters. The van der Waals surface area contributed by atoms with Crippen LogP contribution in [0.1, 0.15) is 37.0 Å². The second kappa shape index (κ2) is 4.81. The van der Waals surface area contributed by atoms with Gasteiger partial charge in [-0.25, -0.2) is 0 Å². The first-order valence-electron chi connectivity index (χ1n) is 6.17. The Morgan fingerprint density at radius 2 is 2.17 bits per heavy atom. The quantitative estimate of drug-likeness (QED) is 0.848. The highest BCUT2D eigenvalue weighted by molar-refractivity contribution is 6.32. The second-order valence-electron chi connectivity index (χ2n) is 5.66. The van der Waals surface area contributed by atoms with Crippen LogP contribution in [-0.2, 0) is 0 Å². The third-order valence-electron chi connectivity index (χ3n) is 3.38. The Morgan fingerprint density at radius 3 is 2.78 bits per heavy atom. The molecule has 0 aromatic heterocycles. The van der Waals surface area contributed by atoms with E-state index in [1.54, 1.807) is 6.07 Å². The van der Waals surface area contributed by atoms with Gasteiger partial charge in [-0.3, -0.25) is 4.79 Å². The molecule has 0 bridgehead atoms. The molecule has 1 aliphatic rings. The van der Waals surface area contributed by atoms with Crippen LogP contribution < -0.4 is 0 Å². The Kier molecular flexibility index (Phi) is 3.53. The summed E-state index contributed by atoms with van der Waals surface area (Å²) in [4.78, 5) is 14.2. The van der Waals surface area contributed by atoms with Crippen molar-refractivity contribution in [3.8, 4) is 5.75 Å². The first kappa shape index (κ1) is 13.2. The maximum absolute atomic E-state index is 12.3. The molecule has 4 heteroatoms. The Balaban J connectivity index is 2.18. The van der Waals surface area contributed by atoms with E-state index in [1.807, 2.05) is 4.90 Å². The molecule has 1 saturated heterocycles. The van der Waals surface area contributed by atoms with Crippen LogP contribution in [0, 0.1) is 5.41 Å². The van der Waals surface area contributed by atoms with Gasteiger partial charge in [0.25, 0.3) is 5.91 Å². The zero-order chi connectivity index (χ0) is 13.3. The number of hydrogen-bond donors (Lipinski definition) is 1. The van der Waals surface area contributed by atoms with Crippen molar-refractivity contribution < 1.29 is 9.90 Å². The summed E-state index contributed by atoms with van der Waals surface area (Å²) in [5, 5.41) is 9.58. The van der Waals surface area contributed by atoms with Crippen molar-refractivity contribution in [2.75, 3.05) is 13.1 Å². The maximum Gasteiger partial charge on any atom is 0.253 e. The van der Waals surface area contributed by atoms with Crippen LogP contribution in [0.2, 0.25) is 5.02 Å². The van der Waals surface area contributed by atoms with Crippen LogP contribution in [0.4, 0.5) is 0 Å². The van der Waals surface area contributed by atoms with Gasteiger partial charge < -0.3 is 10.0 Å². The molecule has 1 fully saturated rings. The lowest BCUT2D eigenvalue weighted by atomic mass is 9.84. The average molecular weight is 268 g/mol. The zero-order valence-corrected chi connectivity index (χ0v) is 11.5. The van der Waals surface area contributed by atoms with E-state index < -0.39 is 0 Å². The first-order chi connectivity index (χ1) is 8.39. The number of likely N-dealkylation sites (tertiary alicyclic amines) is 1. The lowest BCUT2D eigenvalue weighted by Gasteiger charge is -2.38. The number of halogens is 1. The average Bonchev–Trinajstić information content (AvgIpc) is 2.30. The number of hydrogen-bond acceptors (Lipinski definition) is 2. The van der Waals surface area contributed by atoms with Gasteiger partial charge in [-0.15, -0.1) is 0 Å². The number of benzene rings is 1. The standard InChI is InChI=1S/C14H18ClNO2/c1-14(2)6-3-7-16(9-14)13(18)10-4-5-12(17)11(15)8-10/h4-5,8,17H,3,6-7,9H2,1-2H3. The van der Waals surface area contributed by atoms with Gasteiger partial charge >= 0.3 is 0 Å². The predicted molar refractivity (Wildman–Crippen MR) is 72.0 cm³/mol. The molecule has 2 rings (SSSR count). The number of carbonyl (C=O) groups is 1. The molecule has 98 valence electrons. The Morgan fingerprint density at radius 1 is 1.44 bits per heavy atom. The van der Waals surface area contributed by atoms with Gasteiger partial charge in [-0.2, -0.15) is 0 Å². The number of piperidine rings is 1. The molecule has 0 radical (unpaired) electrons. The van der Waals surface area contributed by atoms with Crippen LogP contribution in [0.5, 0.6) is 5.75 Å². The number of rotatable bonds is 1. The molecule has 1 heterocycles. The highest BCUT2D eigenvalue weighted by Gasteiger charge is 2.29. The van der Waals surface area contributed by atoms with Gasteiger partial charge in [-0.1, -0.05) is 25.4 Å². The molecule has 1 aliphatic heterocycles. The topological polar surface area (TPSA) is 40.5 Å². The maximum atomic E-state index is 12.3. The van der Waals surface area contributed by atoms with Crippen molar-refractivity contribution in [3.05, 3.63) is 28.8 Å². The van der Waals surface area contributed by atoms with Crippen LogP contribution in [-0.4, -0.2) is 29.0 Å². The SMILES string of the molecule is CC1(C)CCCN(C(=O)c2ccc(O)c(Cl)c2)C1. The molecule has 0 unspecified atom stereocenters. The van der Waals surface area contributed by atoms with Crippen molar-refractivity contribution in [2.45, 2.75) is 26.7 Å². The normalized spacial score (nSPS) is 18.7. The molecule has 3 nitrogen and oxygen atoms in total. The number of amides is 1. The summed E-state index contributed by atoms with van der Waals surface area (Å²) in [5.41, 5.74) is 0.713. The summed E-state index contributed by atoms with van der Waals surface area (Å²) in [6.07, 6.45) is 2.18. The largest absolute Gasteiger partial charge is 0.506 e. The first-order valence-corrected chi connectivity index (χ1v) is 6.55. The summed E-state index contributed by atoms with van der Waals surface area (Å²) < 4.78 is 0. The molecule has 0 spiro atoms. The van der Waals surface area contributed by atoms with E-state index >= 15 is 0 Å². The van der Waals surface area contributed by atoms with Crippen LogP contribution >= 0.6 is 11.6 Å². The molecule has 1 aromatic carbocycles. The third-order valence-corrected chi connectivity index (χ3v) is 3.69. The fourth-order valence-electron chi connectivity index (χ4n) is 2.42. The molecule has 1 N–H and O–H groups in total. The minimum absolute atomic E-state index is 0.00666. The molecule has 0 saturated carbocycles. The van der Waals surface area contributed by atoms with Crippen molar-refractivity contribution in [3.63, 3.8) is 0 Å². The molecule has 0 aliphatic carbocycles. The Labute approximate surface area is 112 Å². The zero-order valence-electron chi connectivity index (χ0n) is 10.7. The molecular formula is C14H18ClNO2. The number of phenols is 1. The summed E-state index contributed by atoms with van der Waals surface area (Å²) in [6.45, 7) is 5.91. The summed E-state index contributed by atoms with van der Waals surface area (Å²) in [7, 11) is 0. The highest BCUT2D eigenvalue weighted by Crippen LogP contribution is 2.30. The monoisotopic (exact) mass is 267 g/mol. The fraction of sp³-hybridized carbons (Fsp3) is 0.500. The number of carbonyl (C=O) groups excluding carboxylic acids is 1. The molecule has 1 aromatic rings.